The van der Waals surface area contributed by atoms with Crippen molar-refractivity contribution in [1.29, 1.82) is 0 Å². The zero-order chi connectivity index (χ0) is 22.9. The zero-order valence-corrected chi connectivity index (χ0v) is 18.8. The first-order chi connectivity index (χ1) is 15.5. The van der Waals surface area contributed by atoms with Crippen molar-refractivity contribution < 1.29 is 10.0 Å². The van der Waals surface area contributed by atoms with E-state index in [2.05, 4.69) is 58.9 Å². The minimum atomic E-state index is -0.565. The molecule has 0 atom stereocenters. The van der Waals surface area contributed by atoms with Gasteiger partial charge in [0.2, 0.25) is 0 Å². The molecule has 6 nitrogen and oxygen atoms in total. The molecule has 3 aromatic rings. The minimum absolute atomic E-state index is 0.565. The fourth-order valence-electron chi connectivity index (χ4n) is 3.64. The lowest BCUT2D eigenvalue weighted by Gasteiger charge is -2.23. The van der Waals surface area contributed by atoms with Crippen LogP contribution in [0.3, 0.4) is 0 Å². The Kier molecular flexibility index (Phi) is 8.14. The maximum atomic E-state index is 11.3. The quantitative estimate of drug-likeness (QED) is 0.225. The number of aromatic nitrogens is 2. The van der Waals surface area contributed by atoms with Gasteiger partial charge in [-0.25, -0.2) is 10.5 Å². The van der Waals surface area contributed by atoms with Crippen LogP contribution >= 0.6 is 0 Å². The Balaban J connectivity index is 1.88. The van der Waals surface area contributed by atoms with Crippen molar-refractivity contribution in [1.82, 2.24) is 19.9 Å². The van der Waals surface area contributed by atoms with Gasteiger partial charge >= 0.3 is 0 Å². The molecule has 2 N–H and O–H groups in total. The summed E-state index contributed by atoms with van der Waals surface area (Å²) in [5.41, 5.74) is 6.86. The van der Waals surface area contributed by atoms with Crippen LogP contribution in [-0.2, 0) is 24.9 Å². The second kappa shape index (κ2) is 11.2. The highest BCUT2D eigenvalue weighted by Gasteiger charge is 2.14. The molecule has 0 bridgehead atoms. The third-order valence-electron chi connectivity index (χ3n) is 5.31. The third kappa shape index (κ3) is 6.03. The number of carbonyl (C=O) groups excluding carboxylic acids is 1. The summed E-state index contributed by atoms with van der Waals surface area (Å²) in [5.74, 6) is 0.408. The number of hydrogen-bond donors (Lipinski definition) is 2. The van der Waals surface area contributed by atoms with Gasteiger partial charge in [0.15, 0.2) is 0 Å². The van der Waals surface area contributed by atoms with Crippen molar-refractivity contribution in [2.24, 2.45) is 7.05 Å². The molecule has 166 valence electrons. The summed E-state index contributed by atoms with van der Waals surface area (Å²) in [6.45, 7) is 6.45. The van der Waals surface area contributed by atoms with Crippen LogP contribution in [0.1, 0.15) is 30.8 Å². The summed E-state index contributed by atoms with van der Waals surface area (Å²) in [5, 5.41) is 8.65. The van der Waals surface area contributed by atoms with E-state index < -0.39 is 5.91 Å². The molecular weight excluding hydrogens is 400 g/mol. The highest BCUT2D eigenvalue weighted by molar-refractivity contribution is 5.91. The van der Waals surface area contributed by atoms with Gasteiger partial charge in [0, 0.05) is 26.2 Å². The maximum Gasteiger partial charge on any atom is 0.267 e. The molecule has 6 heteroatoms. The van der Waals surface area contributed by atoms with Gasteiger partial charge in [-0.3, -0.25) is 14.9 Å². The van der Waals surface area contributed by atoms with Crippen molar-refractivity contribution in [3.8, 4) is 0 Å². The Hall–Kier alpha value is -3.48. The number of fused-ring (bicyclic) bond motifs is 1. The predicted octanol–water partition coefficient (Wildman–Crippen LogP) is 4.62. The number of benzene rings is 2. The van der Waals surface area contributed by atoms with Gasteiger partial charge in [0.1, 0.15) is 5.82 Å². The molecule has 0 unspecified atom stereocenters. The number of nitrogens with zero attached hydrogens (tertiary/aromatic N) is 3. The molecule has 1 aromatic heterocycles. The predicted molar refractivity (Wildman–Crippen MR) is 129 cm³/mol. The number of allylic oxidation sites excluding steroid dienone is 2. The van der Waals surface area contributed by atoms with Crippen molar-refractivity contribution in [2.75, 3.05) is 6.54 Å². The number of aryl methyl sites for hydroxylation is 1. The molecule has 1 amide bonds. The summed E-state index contributed by atoms with van der Waals surface area (Å²) >= 11 is 0. The fourth-order valence-corrected chi connectivity index (χ4v) is 3.64. The fraction of sp³-hybridized carbons (Fsp3) is 0.231. The Morgan fingerprint density at radius 2 is 1.91 bits per heavy atom. The average molecular weight is 431 g/mol. The van der Waals surface area contributed by atoms with E-state index in [9.17, 15) is 4.79 Å². The lowest BCUT2D eigenvalue weighted by atomic mass is 10.1. The van der Waals surface area contributed by atoms with Crippen LogP contribution in [0.15, 0.2) is 78.4 Å². The number of carbonyl (C=O) groups is 1. The molecule has 0 aliphatic rings. The van der Waals surface area contributed by atoms with E-state index in [1.54, 1.807) is 11.6 Å². The number of amides is 1. The summed E-state index contributed by atoms with van der Waals surface area (Å²) in [6.07, 6.45) is 9.29. The topological polar surface area (TPSA) is 70.4 Å². The van der Waals surface area contributed by atoms with E-state index in [0.717, 1.165) is 35.5 Å². The van der Waals surface area contributed by atoms with E-state index in [0.29, 0.717) is 6.54 Å². The van der Waals surface area contributed by atoms with E-state index in [4.69, 9.17) is 10.2 Å². The molecule has 0 radical (unpaired) electrons. The van der Waals surface area contributed by atoms with Gasteiger partial charge < -0.3 is 4.57 Å². The van der Waals surface area contributed by atoms with Crippen LogP contribution < -0.4 is 5.48 Å². The Labute approximate surface area is 189 Å². The zero-order valence-electron chi connectivity index (χ0n) is 18.8. The van der Waals surface area contributed by atoms with Crippen LogP contribution in [0.4, 0.5) is 0 Å². The second-order valence-electron chi connectivity index (χ2n) is 7.64. The van der Waals surface area contributed by atoms with Crippen LogP contribution in [0.2, 0.25) is 0 Å². The summed E-state index contributed by atoms with van der Waals surface area (Å²) in [7, 11) is 2.03. The molecule has 0 aliphatic carbocycles. The lowest BCUT2D eigenvalue weighted by Crippen LogP contribution is -2.26. The SMILES string of the molecule is C/C=C\C(=C/C)CN(Cc1ccccc1)Cc1nc2cc(/C=C/C(=O)NO)ccc2n1C. The molecule has 0 spiro atoms. The number of hydroxylamine groups is 1. The summed E-state index contributed by atoms with van der Waals surface area (Å²) in [6, 6.07) is 16.3. The van der Waals surface area contributed by atoms with Crippen molar-refractivity contribution in [2.45, 2.75) is 26.9 Å². The first-order valence-electron chi connectivity index (χ1n) is 10.7. The Morgan fingerprint density at radius 3 is 2.59 bits per heavy atom. The molecule has 2 aromatic carbocycles. The maximum absolute atomic E-state index is 11.3. The van der Waals surface area contributed by atoms with Gasteiger partial charge in [0.05, 0.1) is 17.6 Å². The van der Waals surface area contributed by atoms with Crippen LogP contribution in [0, 0.1) is 0 Å². The summed E-state index contributed by atoms with van der Waals surface area (Å²) in [4.78, 5) is 18.5. The third-order valence-corrected chi connectivity index (χ3v) is 5.31. The summed E-state index contributed by atoms with van der Waals surface area (Å²) < 4.78 is 2.12. The molecule has 0 fully saturated rings. The van der Waals surface area contributed by atoms with Gasteiger partial charge in [-0.05, 0) is 48.8 Å². The number of nitrogens with one attached hydrogen (secondary N) is 1. The standard InChI is InChI=1S/C26H30N4O2/c1-4-9-20(5-2)17-30(18-22-10-7-6-8-11-22)19-25-27-23-16-21(13-15-26(31)28-32)12-14-24(23)29(25)3/h4-16,32H,17-19H2,1-3H3,(H,28,31)/b9-4-,15-13+,20-5+. The van der Waals surface area contributed by atoms with Crippen LogP contribution in [0.25, 0.3) is 17.1 Å². The van der Waals surface area contributed by atoms with Gasteiger partial charge in [-0.15, -0.1) is 0 Å². The molecule has 3 rings (SSSR count). The molecule has 32 heavy (non-hydrogen) atoms. The largest absolute Gasteiger partial charge is 0.330 e. The van der Waals surface area contributed by atoms with Crippen molar-refractivity contribution in [3.05, 3.63) is 95.4 Å². The Bertz CT molecular complexity index is 1140. The molecular formula is C26H30N4O2. The molecule has 0 aliphatic heterocycles. The van der Waals surface area contributed by atoms with Crippen molar-refractivity contribution in [3.63, 3.8) is 0 Å². The first kappa shape index (κ1) is 23.2. The first-order valence-corrected chi connectivity index (χ1v) is 10.7. The second-order valence-corrected chi connectivity index (χ2v) is 7.64. The smallest absolute Gasteiger partial charge is 0.267 e. The Morgan fingerprint density at radius 1 is 1.12 bits per heavy atom. The lowest BCUT2D eigenvalue weighted by molar-refractivity contribution is -0.124. The highest BCUT2D eigenvalue weighted by atomic mass is 16.5. The van der Waals surface area contributed by atoms with E-state index in [1.807, 2.05) is 38.2 Å². The van der Waals surface area contributed by atoms with Crippen LogP contribution in [0.5, 0.6) is 0 Å². The van der Waals surface area contributed by atoms with Gasteiger partial charge in [0.25, 0.3) is 5.91 Å². The highest BCUT2D eigenvalue weighted by Crippen LogP contribution is 2.20. The van der Waals surface area contributed by atoms with Crippen LogP contribution in [-0.4, -0.2) is 32.1 Å². The monoisotopic (exact) mass is 430 g/mol. The van der Waals surface area contributed by atoms with Gasteiger partial charge in [-0.1, -0.05) is 54.6 Å². The van der Waals surface area contributed by atoms with Crippen molar-refractivity contribution >= 4 is 23.0 Å². The van der Waals surface area contributed by atoms with Gasteiger partial charge in [-0.2, -0.15) is 0 Å². The number of hydrogen-bond acceptors (Lipinski definition) is 4. The molecule has 1 heterocycles. The molecule has 0 saturated carbocycles. The van der Waals surface area contributed by atoms with E-state index in [1.165, 1.54) is 17.2 Å². The van der Waals surface area contributed by atoms with E-state index >= 15 is 0 Å². The number of rotatable bonds is 9. The average Bonchev–Trinajstić information content (AvgIpc) is 3.12. The molecule has 0 saturated heterocycles. The number of imidazole rings is 1. The van der Waals surface area contributed by atoms with E-state index in [-0.39, 0.29) is 0 Å². The minimum Gasteiger partial charge on any atom is -0.330 e. The normalized spacial score (nSPS) is 12.5.